The zero-order chi connectivity index (χ0) is 15.9. The molecule has 6 nitrogen and oxygen atoms in total. The van der Waals surface area contributed by atoms with Crippen LogP contribution in [-0.4, -0.2) is 19.6 Å². The van der Waals surface area contributed by atoms with Crippen LogP contribution in [0.2, 0.25) is 0 Å². The molecule has 0 fully saturated rings. The van der Waals surface area contributed by atoms with Crippen molar-refractivity contribution in [2.45, 2.75) is 13.0 Å². The smallest absolute Gasteiger partial charge is 0.258 e. The van der Waals surface area contributed by atoms with Crippen molar-refractivity contribution in [3.05, 3.63) is 47.9 Å². The molecule has 1 heterocycles. The topological polar surface area (TPSA) is 84.5 Å². The summed E-state index contributed by atoms with van der Waals surface area (Å²) in [5.74, 6) is 1.20. The summed E-state index contributed by atoms with van der Waals surface area (Å²) in [6, 6.07) is 10.1. The van der Waals surface area contributed by atoms with Crippen molar-refractivity contribution >= 4 is 5.91 Å². The Morgan fingerprint density at radius 2 is 2.23 bits per heavy atom. The van der Waals surface area contributed by atoms with Gasteiger partial charge in [0.2, 0.25) is 0 Å². The second-order valence-electron chi connectivity index (χ2n) is 4.57. The highest BCUT2D eigenvalue weighted by Crippen LogP contribution is 2.27. The Bertz CT molecular complexity index is 674. The number of amides is 1. The highest BCUT2D eigenvalue weighted by Gasteiger charge is 2.13. The van der Waals surface area contributed by atoms with Gasteiger partial charge in [0.15, 0.2) is 18.1 Å². The number of benzene rings is 1. The van der Waals surface area contributed by atoms with E-state index in [0.29, 0.717) is 22.8 Å². The molecule has 1 N–H and O–H groups in total. The van der Waals surface area contributed by atoms with Gasteiger partial charge >= 0.3 is 0 Å². The second-order valence-corrected chi connectivity index (χ2v) is 4.57. The van der Waals surface area contributed by atoms with E-state index in [-0.39, 0.29) is 18.6 Å². The molecule has 0 saturated heterocycles. The minimum Gasteiger partial charge on any atom is -0.493 e. The lowest BCUT2D eigenvalue weighted by atomic mass is 10.2. The number of nitrogens with zero attached hydrogens (tertiary/aromatic N) is 1. The molecular formula is C16H16N2O4. The molecule has 1 aromatic carbocycles. The molecule has 0 spiro atoms. The molecule has 1 amide bonds. The average molecular weight is 300 g/mol. The summed E-state index contributed by atoms with van der Waals surface area (Å²) in [6.07, 6.45) is 1.55. The first kappa shape index (κ1) is 15.4. The summed E-state index contributed by atoms with van der Waals surface area (Å²) in [7, 11) is 1.47. The Hall–Kier alpha value is -2.94. The Morgan fingerprint density at radius 1 is 1.41 bits per heavy atom. The molecule has 22 heavy (non-hydrogen) atoms. The summed E-state index contributed by atoms with van der Waals surface area (Å²) in [4.78, 5) is 11.9. The van der Waals surface area contributed by atoms with Gasteiger partial charge in [-0.1, -0.05) is 0 Å². The molecule has 0 saturated carbocycles. The molecule has 2 aromatic rings. The number of hydrogen-bond donors (Lipinski definition) is 1. The monoisotopic (exact) mass is 300 g/mol. The van der Waals surface area contributed by atoms with Gasteiger partial charge in [-0.05, 0) is 31.2 Å². The first-order valence-electron chi connectivity index (χ1n) is 6.67. The van der Waals surface area contributed by atoms with E-state index >= 15 is 0 Å². The van der Waals surface area contributed by atoms with E-state index in [1.54, 1.807) is 36.6 Å². The number of carbonyl (C=O) groups excluding carboxylic acids is 1. The molecule has 0 aliphatic heterocycles. The quantitative estimate of drug-likeness (QED) is 0.885. The van der Waals surface area contributed by atoms with Crippen LogP contribution in [0.1, 0.15) is 24.3 Å². The van der Waals surface area contributed by atoms with Gasteiger partial charge in [-0.2, -0.15) is 5.26 Å². The molecule has 114 valence electrons. The number of nitriles is 1. The molecule has 1 atom stereocenters. The summed E-state index contributed by atoms with van der Waals surface area (Å²) >= 11 is 0. The van der Waals surface area contributed by atoms with E-state index in [9.17, 15) is 4.79 Å². The fraction of sp³-hybridized carbons (Fsp3) is 0.250. The van der Waals surface area contributed by atoms with Crippen molar-refractivity contribution in [2.24, 2.45) is 0 Å². The van der Waals surface area contributed by atoms with Crippen LogP contribution < -0.4 is 14.8 Å². The maximum atomic E-state index is 11.9. The Morgan fingerprint density at radius 3 is 2.86 bits per heavy atom. The summed E-state index contributed by atoms with van der Waals surface area (Å²) in [5.41, 5.74) is 0.458. The van der Waals surface area contributed by atoms with Gasteiger partial charge < -0.3 is 19.2 Å². The number of furan rings is 1. The summed E-state index contributed by atoms with van der Waals surface area (Å²) in [5, 5.41) is 11.6. The number of nitrogens with one attached hydrogen (secondary N) is 1. The minimum atomic E-state index is -0.282. The highest BCUT2D eigenvalue weighted by atomic mass is 16.5. The van der Waals surface area contributed by atoms with Crippen molar-refractivity contribution in [3.8, 4) is 17.6 Å². The lowest BCUT2D eigenvalue weighted by Crippen LogP contribution is -2.31. The average Bonchev–Trinajstić information content (AvgIpc) is 3.07. The molecule has 0 aliphatic carbocycles. The van der Waals surface area contributed by atoms with E-state index in [1.807, 2.05) is 13.0 Å². The van der Waals surface area contributed by atoms with Gasteiger partial charge in [-0.3, -0.25) is 4.79 Å². The molecule has 0 radical (unpaired) electrons. The molecule has 1 aromatic heterocycles. The normalized spacial score (nSPS) is 11.3. The fourth-order valence-corrected chi connectivity index (χ4v) is 1.89. The van der Waals surface area contributed by atoms with E-state index in [4.69, 9.17) is 19.2 Å². The number of methoxy groups -OCH3 is 1. The first-order valence-corrected chi connectivity index (χ1v) is 6.67. The minimum absolute atomic E-state index is 0.159. The van der Waals surface area contributed by atoms with E-state index in [0.717, 1.165) is 0 Å². The SMILES string of the molecule is COc1cc(C#N)ccc1OCC(=O)N[C@@H](C)c1ccco1. The second kappa shape index (κ2) is 7.18. The summed E-state index contributed by atoms with van der Waals surface area (Å²) < 4.78 is 15.8. The largest absolute Gasteiger partial charge is 0.493 e. The zero-order valence-corrected chi connectivity index (χ0v) is 12.3. The van der Waals surface area contributed by atoms with E-state index < -0.39 is 0 Å². The maximum Gasteiger partial charge on any atom is 0.258 e. The van der Waals surface area contributed by atoms with Crippen LogP contribution in [0.4, 0.5) is 0 Å². The van der Waals surface area contributed by atoms with Crippen LogP contribution in [0.3, 0.4) is 0 Å². The van der Waals surface area contributed by atoms with Gasteiger partial charge in [-0.25, -0.2) is 0 Å². The predicted molar refractivity (Wildman–Crippen MR) is 78.5 cm³/mol. The lowest BCUT2D eigenvalue weighted by molar-refractivity contribution is -0.123. The molecule has 0 unspecified atom stereocenters. The third-order valence-corrected chi connectivity index (χ3v) is 3.00. The molecule has 0 aliphatic rings. The van der Waals surface area contributed by atoms with Crippen molar-refractivity contribution in [1.29, 1.82) is 5.26 Å². The predicted octanol–water partition coefficient (Wildman–Crippen LogP) is 2.42. The van der Waals surface area contributed by atoms with Gasteiger partial charge in [0, 0.05) is 6.07 Å². The van der Waals surface area contributed by atoms with Gasteiger partial charge in [0.1, 0.15) is 5.76 Å². The van der Waals surface area contributed by atoms with Crippen LogP contribution >= 0.6 is 0 Å². The fourth-order valence-electron chi connectivity index (χ4n) is 1.89. The third kappa shape index (κ3) is 3.79. The highest BCUT2D eigenvalue weighted by molar-refractivity contribution is 5.78. The standard InChI is InChI=1S/C16H16N2O4/c1-11(13-4-3-7-21-13)18-16(19)10-22-14-6-5-12(9-17)8-15(14)20-2/h3-8,11H,10H2,1-2H3,(H,18,19)/t11-/m0/s1. The molecule has 0 bridgehead atoms. The van der Waals surface area contributed by atoms with Crippen molar-refractivity contribution in [1.82, 2.24) is 5.32 Å². The number of hydrogen-bond acceptors (Lipinski definition) is 5. The van der Waals surface area contributed by atoms with Crippen LogP contribution in [0.25, 0.3) is 0 Å². The van der Waals surface area contributed by atoms with Crippen molar-refractivity contribution in [3.63, 3.8) is 0 Å². The van der Waals surface area contributed by atoms with E-state index in [2.05, 4.69) is 5.32 Å². The van der Waals surface area contributed by atoms with Crippen LogP contribution in [0.15, 0.2) is 41.0 Å². The third-order valence-electron chi connectivity index (χ3n) is 3.00. The molecule has 2 rings (SSSR count). The van der Waals surface area contributed by atoms with Crippen LogP contribution in [0.5, 0.6) is 11.5 Å². The first-order chi connectivity index (χ1) is 10.6. The molecular weight excluding hydrogens is 284 g/mol. The van der Waals surface area contributed by atoms with Gasteiger partial charge in [0.05, 0.1) is 31.0 Å². The Labute approximate surface area is 128 Å². The zero-order valence-electron chi connectivity index (χ0n) is 12.3. The van der Waals surface area contributed by atoms with Crippen LogP contribution in [-0.2, 0) is 4.79 Å². The summed E-state index contributed by atoms with van der Waals surface area (Å²) in [6.45, 7) is 1.66. The number of ether oxygens (including phenoxy) is 2. The maximum absolute atomic E-state index is 11.9. The van der Waals surface area contributed by atoms with Crippen molar-refractivity contribution in [2.75, 3.05) is 13.7 Å². The van der Waals surface area contributed by atoms with E-state index in [1.165, 1.54) is 7.11 Å². The lowest BCUT2D eigenvalue weighted by Gasteiger charge is -2.13. The van der Waals surface area contributed by atoms with Crippen molar-refractivity contribution < 1.29 is 18.7 Å². The molecule has 6 heteroatoms. The number of rotatable bonds is 6. The van der Waals surface area contributed by atoms with Crippen LogP contribution in [0, 0.1) is 11.3 Å². The Kier molecular flexibility index (Phi) is 5.04. The number of carbonyl (C=O) groups is 1. The van der Waals surface area contributed by atoms with Gasteiger partial charge in [-0.15, -0.1) is 0 Å². The van der Waals surface area contributed by atoms with Gasteiger partial charge in [0.25, 0.3) is 5.91 Å². The Balaban J connectivity index is 1.92.